The molecule has 0 amide bonds. The quantitative estimate of drug-likeness (QED) is 0.853. The van der Waals surface area contributed by atoms with Crippen molar-refractivity contribution in [3.8, 4) is 6.07 Å². The van der Waals surface area contributed by atoms with Crippen LogP contribution < -0.4 is 14.7 Å². The average Bonchev–Trinajstić information content (AvgIpc) is 3.23. The van der Waals surface area contributed by atoms with Crippen molar-refractivity contribution >= 4 is 17.3 Å². The van der Waals surface area contributed by atoms with E-state index in [-0.39, 0.29) is 0 Å². The number of benzene rings is 1. The molecule has 0 spiro atoms. The molecule has 0 bridgehead atoms. The first-order valence-electron chi connectivity index (χ1n) is 9.48. The van der Waals surface area contributed by atoms with Crippen LogP contribution in [0, 0.1) is 18.3 Å². The van der Waals surface area contributed by atoms with Crippen LogP contribution in [0.4, 0.5) is 17.3 Å². The Kier molecular flexibility index (Phi) is 4.66. The van der Waals surface area contributed by atoms with Gasteiger partial charge in [-0.2, -0.15) is 5.26 Å². The second-order valence-corrected chi connectivity index (χ2v) is 7.11. The molecule has 2 fully saturated rings. The fourth-order valence-electron chi connectivity index (χ4n) is 3.93. The van der Waals surface area contributed by atoms with Gasteiger partial charge < -0.3 is 14.7 Å². The van der Waals surface area contributed by atoms with E-state index < -0.39 is 0 Å². The molecule has 3 heterocycles. The van der Waals surface area contributed by atoms with E-state index in [0.717, 1.165) is 62.0 Å². The molecule has 26 heavy (non-hydrogen) atoms. The van der Waals surface area contributed by atoms with Gasteiger partial charge in [0.15, 0.2) is 0 Å². The smallest absolute Gasteiger partial charge is 0.149 e. The molecular formula is C21H25N5. The number of hydrogen-bond donors (Lipinski definition) is 0. The lowest BCUT2D eigenvalue weighted by molar-refractivity contribution is 0.646. The van der Waals surface area contributed by atoms with Crippen molar-refractivity contribution in [2.75, 3.05) is 54.0 Å². The molecule has 0 unspecified atom stereocenters. The Morgan fingerprint density at radius 1 is 0.885 bits per heavy atom. The van der Waals surface area contributed by atoms with Crippen LogP contribution in [0.15, 0.2) is 36.4 Å². The zero-order valence-electron chi connectivity index (χ0n) is 15.4. The normalized spacial score (nSPS) is 17.5. The van der Waals surface area contributed by atoms with E-state index in [1.165, 1.54) is 18.5 Å². The predicted octanol–water partition coefficient (Wildman–Crippen LogP) is 3.19. The second-order valence-electron chi connectivity index (χ2n) is 7.11. The van der Waals surface area contributed by atoms with E-state index >= 15 is 0 Å². The monoisotopic (exact) mass is 347 g/mol. The van der Waals surface area contributed by atoms with Crippen LogP contribution in [0.5, 0.6) is 0 Å². The molecule has 0 aliphatic carbocycles. The van der Waals surface area contributed by atoms with Gasteiger partial charge in [-0.25, -0.2) is 4.98 Å². The molecule has 5 nitrogen and oxygen atoms in total. The largest absolute Gasteiger partial charge is 0.368 e. The minimum Gasteiger partial charge on any atom is -0.368 e. The van der Waals surface area contributed by atoms with Crippen LogP contribution >= 0.6 is 0 Å². The Labute approximate surface area is 155 Å². The number of aryl methyl sites for hydroxylation is 1. The maximum Gasteiger partial charge on any atom is 0.149 e. The number of piperazine rings is 1. The summed E-state index contributed by atoms with van der Waals surface area (Å²) in [7, 11) is 0. The fourth-order valence-corrected chi connectivity index (χ4v) is 3.93. The highest BCUT2D eigenvalue weighted by Crippen LogP contribution is 2.29. The van der Waals surface area contributed by atoms with Crippen LogP contribution in [0.3, 0.4) is 0 Å². The molecule has 2 saturated heterocycles. The minimum absolute atomic E-state index is 0.723. The lowest BCUT2D eigenvalue weighted by Crippen LogP contribution is -2.47. The molecule has 0 radical (unpaired) electrons. The Bertz CT molecular complexity index is 797. The highest BCUT2D eigenvalue weighted by molar-refractivity contribution is 5.63. The van der Waals surface area contributed by atoms with E-state index in [0.29, 0.717) is 0 Å². The molecular weight excluding hydrogens is 322 g/mol. The third-order valence-corrected chi connectivity index (χ3v) is 5.43. The summed E-state index contributed by atoms with van der Waals surface area (Å²) >= 11 is 0. The van der Waals surface area contributed by atoms with Gasteiger partial charge in [-0.05, 0) is 43.5 Å². The highest BCUT2D eigenvalue weighted by atomic mass is 15.3. The zero-order chi connectivity index (χ0) is 17.9. The van der Waals surface area contributed by atoms with Gasteiger partial charge in [-0.3, -0.25) is 0 Å². The number of anilines is 3. The van der Waals surface area contributed by atoms with Crippen LogP contribution in [-0.4, -0.2) is 44.3 Å². The summed E-state index contributed by atoms with van der Waals surface area (Å²) in [5.41, 5.74) is 3.02. The van der Waals surface area contributed by atoms with Crippen molar-refractivity contribution in [1.82, 2.24) is 4.98 Å². The van der Waals surface area contributed by atoms with E-state index in [2.05, 4.69) is 57.2 Å². The van der Waals surface area contributed by atoms with Crippen LogP contribution in [-0.2, 0) is 0 Å². The number of nitriles is 1. The first-order chi connectivity index (χ1) is 12.8. The van der Waals surface area contributed by atoms with Gasteiger partial charge in [0.25, 0.3) is 0 Å². The summed E-state index contributed by atoms with van der Waals surface area (Å²) in [6.07, 6.45) is 2.46. The molecule has 134 valence electrons. The van der Waals surface area contributed by atoms with Crippen molar-refractivity contribution in [1.29, 1.82) is 5.26 Å². The molecule has 1 aromatic carbocycles. The standard InChI is InChI=1S/C21H25N5/c1-17-15-20(25-9-5-6-10-25)23-21(19(17)16-22)26-13-11-24(12-14-26)18-7-3-2-4-8-18/h2-4,7-8,15H,5-6,9-14H2,1H3. The third-order valence-electron chi connectivity index (χ3n) is 5.43. The summed E-state index contributed by atoms with van der Waals surface area (Å²) in [6, 6.07) is 15.0. The van der Waals surface area contributed by atoms with Crippen molar-refractivity contribution in [3.05, 3.63) is 47.5 Å². The lowest BCUT2D eigenvalue weighted by atomic mass is 10.1. The molecule has 5 heteroatoms. The molecule has 2 aliphatic heterocycles. The van der Waals surface area contributed by atoms with Gasteiger partial charge >= 0.3 is 0 Å². The Balaban J connectivity index is 1.56. The second kappa shape index (κ2) is 7.25. The molecule has 0 N–H and O–H groups in total. The Hall–Kier alpha value is -2.74. The predicted molar refractivity (Wildman–Crippen MR) is 106 cm³/mol. The van der Waals surface area contributed by atoms with Gasteiger partial charge in [0, 0.05) is 45.0 Å². The van der Waals surface area contributed by atoms with Crippen LogP contribution in [0.2, 0.25) is 0 Å². The molecule has 1 aromatic heterocycles. The molecule has 2 aromatic rings. The third kappa shape index (κ3) is 3.20. The van der Waals surface area contributed by atoms with Gasteiger partial charge in [0.1, 0.15) is 17.7 Å². The molecule has 2 aliphatic rings. The lowest BCUT2D eigenvalue weighted by Gasteiger charge is -2.37. The number of pyridine rings is 1. The van der Waals surface area contributed by atoms with Crippen molar-refractivity contribution < 1.29 is 0 Å². The van der Waals surface area contributed by atoms with Gasteiger partial charge in [-0.15, -0.1) is 0 Å². The summed E-state index contributed by atoms with van der Waals surface area (Å²) in [5, 5.41) is 9.68. The van der Waals surface area contributed by atoms with Crippen molar-refractivity contribution in [2.24, 2.45) is 0 Å². The average molecular weight is 347 g/mol. The number of hydrogen-bond acceptors (Lipinski definition) is 5. The number of aromatic nitrogens is 1. The maximum atomic E-state index is 9.68. The number of para-hydroxylation sites is 1. The summed E-state index contributed by atoms with van der Waals surface area (Å²) in [4.78, 5) is 11.9. The van der Waals surface area contributed by atoms with E-state index in [1.54, 1.807) is 0 Å². The summed E-state index contributed by atoms with van der Waals surface area (Å²) < 4.78 is 0. The minimum atomic E-state index is 0.723. The highest BCUT2D eigenvalue weighted by Gasteiger charge is 2.24. The first-order valence-corrected chi connectivity index (χ1v) is 9.48. The van der Waals surface area contributed by atoms with Gasteiger partial charge in [-0.1, -0.05) is 18.2 Å². The van der Waals surface area contributed by atoms with Crippen LogP contribution in [0.1, 0.15) is 24.0 Å². The topological polar surface area (TPSA) is 46.4 Å². The van der Waals surface area contributed by atoms with Gasteiger partial charge in [0.05, 0.1) is 5.56 Å². The van der Waals surface area contributed by atoms with Crippen molar-refractivity contribution in [3.63, 3.8) is 0 Å². The number of rotatable bonds is 3. The fraction of sp³-hybridized carbons (Fsp3) is 0.429. The summed E-state index contributed by atoms with van der Waals surface area (Å²) in [6.45, 7) is 7.84. The molecule has 0 saturated carbocycles. The van der Waals surface area contributed by atoms with E-state index in [1.807, 2.05) is 6.92 Å². The number of nitrogens with zero attached hydrogens (tertiary/aromatic N) is 5. The summed E-state index contributed by atoms with van der Waals surface area (Å²) in [5.74, 6) is 1.89. The van der Waals surface area contributed by atoms with E-state index in [4.69, 9.17) is 4.98 Å². The first kappa shape index (κ1) is 16.7. The molecule has 0 atom stereocenters. The van der Waals surface area contributed by atoms with E-state index in [9.17, 15) is 5.26 Å². The van der Waals surface area contributed by atoms with Crippen LogP contribution in [0.25, 0.3) is 0 Å². The maximum absolute atomic E-state index is 9.68. The SMILES string of the molecule is Cc1cc(N2CCCC2)nc(N2CCN(c3ccccc3)CC2)c1C#N. The van der Waals surface area contributed by atoms with Crippen molar-refractivity contribution in [2.45, 2.75) is 19.8 Å². The zero-order valence-corrected chi connectivity index (χ0v) is 15.4. The van der Waals surface area contributed by atoms with Gasteiger partial charge in [0.2, 0.25) is 0 Å². The Morgan fingerprint density at radius 2 is 1.54 bits per heavy atom. The Morgan fingerprint density at radius 3 is 2.19 bits per heavy atom. The molecule has 4 rings (SSSR count).